The SMILES string of the molecule is Cc1cc(O)c(C(=O)c2c(C=O)c(O)cc3c2C(=O)CC(C)(C)O3)c(O)c1. The smallest absolute Gasteiger partial charge is 0.202 e. The molecular weight excluding hydrogens is 352 g/mol. The molecule has 3 N–H and O–H groups in total. The van der Waals surface area contributed by atoms with Gasteiger partial charge in [0.1, 0.15) is 34.2 Å². The molecule has 3 rings (SSSR count). The molecule has 0 aromatic heterocycles. The largest absolute Gasteiger partial charge is 0.507 e. The van der Waals surface area contributed by atoms with Crippen molar-refractivity contribution in [2.24, 2.45) is 0 Å². The van der Waals surface area contributed by atoms with Crippen LogP contribution in [0.1, 0.15) is 62.5 Å². The Bertz CT molecular complexity index is 979. The number of phenols is 3. The molecule has 0 aliphatic carbocycles. The Kier molecular flexibility index (Phi) is 4.18. The summed E-state index contributed by atoms with van der Waals surface area (Å²) in [6.45, 7) is 4.97. The van der Waals surface area contributed by atoms with Crippen molar-refractivity contribution >= 4 is 17.9 Å². The molecule has 2 aromatic rings. The molecule has 0 saturated heterocycles. The Balaban J connectivity index is 2.33. The van der Waals surface area contributed by atoms with E-state index in [1.54, 1.807) is 20.8 Å². The Labute approximate surface area is 154 Å². The second-order valence-corrected chi connectivity index (χ2v) is 7.14. The Morgan fingerprint density at radius 1 is 1.07 bits per heavy atom. The van der Waals surface area contributed by atoms with Crippen LogP contribution in [0.5, 0.6) is 23.0 Å². The van der Waals surface area contributed by atoms with Crippen LogP contribution in [0.4, 0.5) is 0 Å². The first kappa shape index (κ1) is 18.4. The van der Waals surface area contributed by atoms with Gasteiger partial charge in [-0.05, 0) is 38.5 Å². The van der Waals surface area contributed by atoms with E-state index in [9.17, 15) is 29.7 Å². The van der Waals surface area contributed by atoms with E-state index in [2.05, 4.69) is 0 Å². The molecule has 7 heteroatoms. The van der Waals surface area contributed by atoms with Crippen molar-refractivity contribution in [2.75, 3.05) is 0 Å². The number of benzene rings is 2. The number of ketones is 2. The average molecular weight is 370 g/mol. The number of hydrogen-bond donors (Lipinski definition) is 3. The lowest BCUT2D eigenvalue weighted by molar-refractivity contribution is 0.0613. The van der Waals surface area contributed by atoms with Crippen molar-refractivity contribution in [3.8, 4) is 23.0 Å². The molecular formula is C20H18O7. The van der Waals surface area contributed by atoms with Crippen molar-refractivity contribution in [3.05, 3.63) is 46.0 Å². The van der Waals surface area contributed by atoms with Crippen molar-refractivity contribution in [3.63, 3.8) is 0 Å². The van der Waals surface area contributed by atoms with E-state index in [1.807, 2.05) is 0 Å². The summed E-state index contributed by atoms with van der Waals surface area (Å²) in [7, 11) is 0. The first-order valence-corrected chi connectivity index (χ1v) is 8.20. The van der Waals surface area contributed by atoms with E-state index in [0.29, 0.717) is 5.56 Å². The quantitative estimate of drug-likeness (QED) is 0.561. The standard InChI is InChI=1S/C20H18O7/c1-9-4-12(23)17(13(24)5-9)19(26)16-10(8-21)11(22)6-15-18(16)14(25)7-20(2,3)27-15/h4-6,8,22-24H,7H2,1-3H3. The van der Waals surface area contributed by atoms with Crippen molar-refractivity contribution in [2.45, 2.75) is 32.8 Å². The lowest BCUT2D eigenvalue weighted by Gasteiger charge is -2.32. The molecule has 0 radical (unpaired) electrons. The maximum Gasteiger partial charge on any atom is 0.202 e. The van der Waals surface area contributed by atoms with Crippen LogP contribution in [-0.2, 0) is 0 Å². The van der Waals surface area contributed by atoms with E-state index in [0.717, 1.165) is 6.07 Å². The van der Waals surface area contributed by atoms with Gasteiger partial charge in [0.05, 0.1) is 23.1 Å². The molecule has 0 unspecified atom stereocenters. The van der Waals surface area contributed by atoms with Gasteiger partial charge >= 0.3 is 0 Å². The van der Waals surface area contributed by atoms with Gasteiger partial charge in [-0.1, -0.05) is 0 Å². The number of carbonyl (C=O) groups excluding carboxylic acids is 3. The van der Waals surface area contributed by atoms with Crippen LogP contribution < -0.4 is 4.74 Å². The number of ether oxygens (including phenoxy) is 1. The molecule has 7 nitrogen and oxygen atoms in total. The van der Waals surface area contributed by atoms with Gasteiger partial charge in [-0.2, -0.15) is 0 Å². The highest BCUT2D eigenvalue weighted by Gasteiger charge is 2.38. The molecule has 1 aliphatic heterocycles. The van der Waals surface area contributed by atoms with Crippen LogP contribution in [-0.4, -0.2) is 38.8 Å². The number of rotatable bonds is 3. The zero-order valence-electron chi connectivity index (χ0n) is 15.0. The van der Waals surface area contributed by atoms with Crippen molar-refractivity contribution in [1.82, 2.24) is 0 Å². The third-order valence-electron chi connectivity index (χ3n) is 4.37. The number of fused-ring (bicyclic) bond motifs is 1. The summed E-state index contributed by atoms with van der Waals surface area (Å²) in [4.78, 5) is 37.4. The van der Waals surface area contributed by atoms with Gasteiger partial charge in [0.25, 0.3) is 0 Å². The highest BCUT2D eigenvalue weighted by atomic mass is 16.5. The molecule has 0 spiro atoms. The fraction of sp³-hybridized carbons (Fsp3) is 0.250. The third kappa shape index (κ3) is 3.01. The number of carbonyl (C=O) groups is 3. The van der Waals surface area contributed by atoms with Gasteiger partial charge in [0, 0.05) is 6.07 Å². The van der Waals surface area contributed by atoms with Crippen molar-refractivity contribution < 1.29 is 34.4 Å². The zero-order chi connectivity index (χ0) is 20.1. The van der Waals surface area contributed by atoms with E-state index >= 15 is 0 Å². The van der Waals surface area contributed by atoms with Crippen LogP contribution in [0.2, 0.25) is 0 Å². The second kappa shape index (κ2) is 6.12. The predicted octanol–water partition coefficient (Wildman–Crippen LogP) is 2.90. The lowest BCUT2D eigenvalue weighted by Crippen LogP contribution is -2.37. The maximum absolute atomic E-state index is 13.1. The van der Waals surface area contributed by atoms with Crippen LogP contribution in [0.25, 0.3) is 0 Å². The van der Waals surface area contributed by atoms with Crippen LogP contribution >= 0.6 is 0 Å². The van der Waals surface area contributed by atoms with Gasteiger partial charge in [-0.3, -0.25) is 14.4 Å². The molecule has 0 amide bonds. The summed E-state index contributed by atoms with van der Waals surface area (Å²) in [6.07, 6.45) is 0.202. The second-order valence-electron chi connectivity index (χ2n) is 7.14. The number of aromatic hydroxyl groups is 3. The molecule has 2 aromatic carbocycles. The summed E-state index contributed by atoms with van der Waals surface area (Å²) in [5, 5.41) is 30.5. The van der Waals surface area contributed by atoms with Gasteiger partial charge in [-0.25, -0.2) is 0 Å². The van der Waals surface area contributed by atoms with Gasteiger partial charge in [-0.15, -0.1) is 0 Å². The molecule has 1 heterocycles. The summed E-state index contributed by atoms with van der Waals surface area (Å²) < 4.78 is 5.70. The Morgan fingerprint density at radius 2 is 1.67 bits per heavy atom. The van der Waals surface area contributed by atoms with Crippen LogP contribution in [0.3, 0.4) is 0 Å². The first-order chi connectivity index (χ1) is 12.6. The third-order valence-corrected chi connectivity index (χ3v) is 4.37. The summed E-state index contributed by atoms with van der Waals surface area (Å²) >= 11 is 0. The molecule has 140 valence electrons. The Hall–Kier alpha value is -3.35. The van der Waals surface area contributed by atoms with E-state index in [-0.39, 0.29) is 24.0 Å². The molecule has 0 fully saturated rings. The molecule has 1 aliphatic rings. The fourth-order valence-corrected chi connectivity index (χ4v) is 3.29. The normalized spacial score (nSPS) is 15.0. The lowest BCUT2D eigenvalue weighted by atomic mass is 9.85. The Morgan fingerprint density at radius 3 is 2.22 bits per heavy atom. The van der Waals surface area contributed by atoms with Crippen LogP contribution in [0.15, 0.2) is 18.2 Å². The van der Waals surface area contributed by atoms with E-state index in [4.69, 9.17) is 4.74 Å². The number of aryl methyl sites for hydroxylation is 1. The number of aldehydes is 1. The zero-order valence-corrected chi connectivity index (χ0v) is 15.0. The summed E-state index contributed by atoms with van der Waals surface area (Å²) in [5.74, 6) is -2.99. The number of phenolic OH excluding ortho intramolecular Hbond substituents is 3. The highest BCUT2D eigenvalue weighted by molar-refractivity contribution is 6.22. The predicted molar refractivity (Wildman–Crippen MR) is 95.1 cm³/mol. The average Bonchev–Trinajstić information content (AvgIpc) is 2.51. The first-order valence-electron chi connectivity index (χ1n) is 8.20. The highest BCUT2D eigenvalue weighted by Crippen LogP contribution is 2.42. The van der Waals surface area contributed by atoms with Gasteiger partial charge in [0.2, 0.25) is 5.78 Å². The fourth-order valence-electron chi connectivity index (χ4n) is 3.29. The molecule has 0 saturated carbocycles. The monoisotopic (exact) mass is 370 g/mol. The van der Waals surface area contributed by atoms with Gasteiger partial charge < -0.3 is 20.1 Å². The van der Waals surface area contributed by atoms with Crippen molar-refractivity contribution in [1.29, 1.82) is 0 Å². The minimum Gasteiger partial charge on any atom is -0.507 e. The minimum absolute atomic E-state index is 0.0335. The molecule has 0 bridgehead atoms. The summed E-state index contributed by atoms with van der Waals surface area (Å²) in [6, 6.07) is 3.65. The minimum atomic E-state index is -0.962. The summed E-state index contributed by atoms with van der Waals surface area (Å²) in [5.41, 5.74) is -1.78. The molecule has 0 atom stereocenters. The molecule has 27 heavy (non-hydrogen) atoms. The number of Topliss-reactive ketones (excluding diaryl/α,β-unsaturated/α-hetero) is 1. The van der Waals surface area contributed by atoms with Crippen LogP contribution in [0, 0.1) is 6.92 Å². The maximum atomic E-state index is 13.1. The van der Waals surface area contributed by atoms with Gasteiger partial charge in [0.15, 0.2) is 12.1 Å². The number of hydrogen-bond acceptors (Lipinski definition) is 7. The van der Waals surface area contributed by atoms with E-state index in [1.165, 1.54) is 12.1 Å². The van der Waals surface area contributed by atoms with E-state index < -0.39 is 51.1 Å². The topological polar surface area (TPSA) is 121 Å².